The van der Waals surface area contributed by atoms with Crippen LogP contribution in [0.5, 0.6) is 0 Å². The monoisotopic (exact) mass is 233 g/mol. The molecule has 0 aliphatic carbocycles. The van der Waals surface area contributed by atoms with Crippen molar-refractivity contribution in [3.8, 4) is 0 Å². The molecule has 0 saturated carbocycles. The summed E-state index contributed by atoms with van der Waals surface area (Å²) in [6.45, 7) is 0. The molecule has 1 aliphatic heterocycles. The van der Waals surface area contributed by atoms with E-state index in [9.17, 15) is 9.59 Å². The molecule has 10 heavy (non-hydrogen) atoms. The summed E-state index contributed by atoms with van der Waals surface area (Å²) in [6.07, 6.45) is 0.525. The van der Waals surface area contributed by atoms with Gasteiger partial charge in [-0.15, -0.1) is 0 Å². The number of carbonyl (C=O) groups is 2. The van der Waals surface area contributed by atoms with Crippen LogP contribution in [-0.4, -0.2) is 11.9 Å². The van der Waals surface area contributed by atoms with Crippen molar-refractivity contribution in [3.05, 3.63) is 0 Å². The molecule has 63 valence electrons. The van der Waals surface area contributed by atoms with Gasteiger partial charge in [-0.2, -0.15) is 0 Å². The van der Waals surface area contributed by atoms with Gasteiger partial charge in [0.15, 0.2) is 0 Å². The molecular formula is C4H4Cl2CuO3. The van der Waals surface area contributed by atoms with Crippen molar-refractivity contribution < 1.29 is 56.2 Å². The summed E-state index contributed by atoms with van der Waals surface area (Å²) < 4.78 is 4.08. The second-order valence-corrected chi connectivity index (χ2v) is 1.35. The van der Waals surface area contributed by atoms with Crippen LogP contribution >= 0.6 is 0 Å². The Bertz CT molecular complexity index is 114. The summed E-state index contributed by atoms with van der Waals surface area (Å²) in [5, 5.41) is 0. The standard InChI is InChI=1S/C4H4O3.2ClH.Cu/c5-3-1-2-4(6)7-3;;;/h1-2H2;2*1H;/q;;;+2/p-2. The first-order valence-corrected chi connectivity index (χ1v) is 2.02. The van der Waals surface area contributed by atoms with Crippen molar-refractivity contribution in [2.75, 3.05) is 0 Å². The van der Waals surface area contributed by atoms with Gasteiger partial charge in [-0.25, -0.2) is 0 Å². The van der Waals surface area contributed by atoms with Crippen LogP contribution in [0.2, 0.25) is 0 Å². The first kappa shape index (κ1) is 16.7. The average molecular weight is 235 g/mol. The number of halogens is 2. The van der Waals surface area contributed by atoms with Crippen molar-refractivity contribution in [2.45, 2.75) is 12.8 Å². The molecular weight excluding hydrogens is 230 g/mol. The molecule has 0 aromatic rings. The topological polar surface area (TPSA) is 43.4 Å². The van der Waals surface area contributed by atoms with Crippen molar-refractivity contribution in [3.63, 3.8) is 0 Å². The molecule has 0 N–H and O–H groups in total. The number of hydrogen-bond donors (Lipinski definition) is 0. The van der Waals surface area contributed by atoms with Gasteiger partial charge in [0.25, 0.3) is 0 Å². The van der Waals surface area contributed by atoms with Gasteiger partial charge >= 0.3 is 29.0 Å². The van der Waals surface area contributed by atoms with Crippen molar-refractivity contribution in [1.82, 2.24) is 0 Å². The van der Waals surface area contributed by atoms with Crippen LogP contribution in [0.4, 0.5) is 0 Å². The number of carbonyl (C=O) groups excluding carboxylic acids is 2. The van der Waals surface area contributed by atoms with E-state index in [1.807, 2.05) is 0 Å². The fourth-order valence-corrected chi connectivity index (χ4v) is 0.433. The summed E-state index contributed by atoms with van der Waals surface area (Å²) in [7, 11) is 0. The van der Waals surface area contributed by atoms with Gasteiger partial charge in [-0.3, -0.25) is 9.59 Å². The van der Waals surface area contributed by atoms with Crippen LogP contribution in [0.15, 0.2) is 0 Å². The number of ether oxygens (including phenoxy) is 1. The second-order valence-electron chi connectivity index (χ2n) is 1.35. The minimum absolute atomic E-state index is 0. The van der Waals surface area contributed by atoms with E-state index in [4.69, 9.17) is 0 Å². The van der Waals surface area contributed by atoms with E-state index in [0.717, 1.165) is 0 Å². The van der Waals surface area contributed by atoms with Crippen LogP contribution in [0.3, 0.4) is 0 Å². The van der Waals surface area contributed by atoms with E-state index in [1.54, 1.807) is 0 Å². The summed E-state index contributed by atoms with van der Waals surface area (Å²) in [5.74, 6) is -0.796. The van der Waals surface area contributed by atoms with Gasteiger partial charge in [0.2, 0.25) is 0 Å². The van der Waals surface area contributed by atoms with Crippen LogP contribution in [0.25, 0.3) is 0 Å². The van der Waals surface area contributed by atoms with Gasteiger partial charge < -0.3 is 29.6 Å². The minimum Gasteiger partial charge on any atom is -1.00 e. The van der Waals surface area contributed by atoms with Crippen LogP contribution < -0.4 is 24.8 Å². The smallest absolute Gasteiger partial charge is 1.00 e. The van der Waals surface area contributed by atoms with Crippen molar-refractivity contribution >= 4 is 11.9 Å². The molecule has 1 rings (SSSR count). The first-order valence-electron chi connectivity index (χ1n) is 2.02. The Labute approximate surface area is 81.2 Å². The normalized spacial score (nSPS) is 14.0. The van der Waals surface area contributed by atoms with Crippen LogP contribution in [-0.2, 0) is 31.4 Å². The molecule has 1 fully saturated rings. The summed E-state index contributed by atoms with van der Waals surface area (Å²) >= 11 is 0. The average Bonchev–Trinajstić information content (AvgIpc) is 1.87. The van der Waals surface area contributed by atoms with Crippen LogP contribution in [0, 0.1) is 0 Å². The van der Waals surface area contributed by atoms with Gasteiger partial charge in [0.1, 0.15) is 0 Å². The molecule has 0 bridgehead atoms. The van der Waals surface area contributed by atoms with Gasteiger partial charge in [0, 0.05) is 0 Å². The molecule has 1 radical (unpaired) electrons. The Kier molecular flexibility index (Phi) is 12.3. The molecule has 1 aliphatic rings. The molecule has 6 heteroatoms. The second kappa shape index (κ2) is 7.35. The molecule has 1 saturated heterocycles. The quantitative estimate of drug-likeness (QED) is 0.238. The number of hydrogen-bond acceptors (Lipinski definition) is 3. The van der Waals surface area contributed by atoms with Gasteiger partial charge in [0.05, 0.1) is 12.8 Å². The number of esters is 2. The summed E-state index contributed by atoms with van der Waals surface area (Å²) in [6, 6.07) is 0. The summed E-state index contributed by atoms with van der Waals surface area (Å²) in [4.78, 5) is 20.0. The Hall–Kier alpha value is 0.239. The van der Waals surface area contributed by atoms with E-state index >= 15 is 0 Å². The molecule has 0 atom stereocenters. The number of rotatable bonds is 0. The maximum Gasteiger partial charge on any atom is 2.00 e. The first-order chi connectivity index (χ1) is 3.29. The Balaban J connectivity index is -0.000000163. The largest absolute Gasteiger partial charge is 2.00 e. The SMILES string of the molecule is O=C1CCC(=O)O1.[Cl-].[Cl-].[Cu+2]. The fraction of sp³-hybridized carbons (Fsp3) is 0.500. The van der Waals surface area contributed by atoms with Crippen molar-refractivity contribution in [2.24, 2.45) is 0 Å². The maximum atomic E-state index is 10.0. The third kappa shape index (κ3) is 5.06. The zero-order chi connectivity index (χ0) is 5.28. The molecule has 0 spiro atoms. The van der Waals surface area contributed by atoms with E-state index in [1.165, 1.54) is 0 Å². The van der Waals surface area contributed by atoms with Gasteiger partial charge in [-0.1, -0.05) is 0 Å². The van der Waals surface area contributed by atoms with Crippen molar-refractivity contribution in [1.29, 1.82) is 0 Å². The van der Waals surface area contributed by atoms with E-state index in [0.29, 0.717) is 0 Å². The van der Waals surface area contributed by atoms with E-state index < -0.39 is 11.9 Å². The van der Waals surface area contributed by atoms with Crippen LogP contribution in [0.1, 0.15) is 12.8 Å². The molecule has 0 aromatic heterocycles. The molecule has 0 amide bonds. The third-order valence-corrected chi connectivity index (χ3v) is 0.761. The Morgan fingerprint density at radius 3 is 1.40 bits per heavy atom. The number of cyclic esters (lactones) is 2. The zero-order valence-corrected chi connectivity index (χ0v) is 7.15. The third-order valence-electron chi connectivity index (χ3n) is 0.761. The maximum absolute atomic E-state index is 10.0. The molecule has 0 unspecified atom stereocenters. The molecule has 1 heterocycles. The predicted molar refractivity (Wildman–Crippen MR) is 20.3 cm³/mol. The Morgan fingerprint density at radius 1 is 1.00 bits per heavy atom. The zero-order valence-electron chi connectivity index (χ0n) is 4.70. The molecule has 0 aromatic carbocycles. The fourth-order valence-electron chi connectivity index (χ4n) is 0.433. The van der Waals surface area contributed by atoms with E-state index in [-0.39, 0.29) is 54.7 Å². The van der Waals surface area contributed by atoms with E-state index in [2.05, 4.69) is 4.74 Å². The minimum atomic E-state index is -0.398. The molecule has 3 nitrogen and oxygen atoms in total. The predicted octanol–water partition coefficient (Wildman–Crippen LogP) is -6.14. The summed E-state index contributed by atoms with van der Waals surface area (Å²) in [5.41, 5.74) is 0. The Morgan fingerprint density at radius 2 is 1.30 bits per heavy atom. The van der Waals surface area contributed by atoms with Gasteiger partial charge in [-0.05, 0) is 0 Å².